The van der Waals surface area contributed by atoms with E-state index in [1.165, 1.54) is 0 Å². The van der Waals surface area contributed by atoms with Crippen molar-refractivity contribution in [3.05, 3.63) is 11.1 Å². The molecule has 0 radical (unpaired) electrons. The largest absolute Gasteiger partial charge is 0.415 e. The van der Waals surface area contributed by atoms with Crippen LogP contribution in [0.3, 0.4) is 0 Å². The summed E-state index contributed by atoms with van der Waals surface area (Å²) in [6, 6.07) is 0. The molecule has 2 aliphatic rings. The minimum absolute atomic E-state index is 0.144. The lowest BCUT2D eigenvalue weighted by atomic mass is 9.83. The standard InChI is InChI=1S/C15H27ClO4Si/c1-12(2,3)21-20-13(4,5)15(17)8-9(16)10-11(15)19-14(6,7)18-10/h8,10-11,17H,21H2,1-7H3. The maximum absolute atomic E-state index is 11.2. The maximum atomic E-state index is 11.2. The molecule has 0 amide bonds. The molecular formula is C15H27ClO4Si. The summed E-state index contributed by atoms with van der Waals surface area (Å²) in [5, 5.41) is 11.9. The van der Waals surface area contributed by atoms with Crippen molar-refractivity contribution in [2.45, 2.75) is 82.7 Å². The van der Waals surface area contributed by atoms with Gasteiger partial charge in [0.05, 0.1) is 5.60 Å². The second-order valence-electron chi connectivity index (χ2n) is 8.19. The Morgan fingerprint density at radius 3 is 2.33 bits per heavy atom. The van der Waals surface area contributed by atoms with Crippen molar-refractivity contribution in [3.8, 4) is 0 Å². The van der Waals surface area contributed by atoms with Gasteiger partial charge in [0.1, 0.15) is 17.8 Å². The number of halogens is 1. The molecule has 1 aliphatic heterocycles. The summed E-state index contributed by atoms with van der Waals surface area (Å²) in [7, 11) is -0.826. The summed E-state index contributed by atoms with van der Waals surface area (Å²) in [6.07, 6.45) is 0.672. The second-order valence-corrected chi connectivity index (χ2v) is 11.3. The number of ether oxygens (including phenoxy) is 2. The van der Waals surface area contributed by atoms with Gasteiger partial charge in [-0.3, -0.25) is 0 Å². The summed E-state index contributed by atoms with van der Waals surface area (Å²) >= 11 is 6.27. The van der Waals surface area contributed by atoms with E-state index in [0.29, 0.717) is 5.03 Å². The molecule has 1 saturated heterocycles. The number of aliphatic hydroxyl groups is 1. The van der Waals surface area contributed by atoms with Gasteiger partial charge in [-0.1, -0.05) is 32.4 Å². The first-order valence-corrected chi connectivity index (χ1v) is 9.04. The van der Waals surface area contributed by atoms with Crippen LogP contribution in [0.4, 0.5) is 0 Å². The van der Waals surface area contributed by atoms with E-state index >= 15 is 0 Å². The van der Waals surface area contributed by atoms with Crippen molar-refractivity contribution in [1.29, 1.82) is 0 Å². The van der Waals surface area contributed by atoms with Gasteiger partial charge < -0.3 is 19.0 Å². The third kappa shape index (κ3) is 3.23. The van der Waals surface area contributed by atoms with Crippen LogP contribution < -0.4 is 0 Å². The Balaban J connectivity index is 2.25. The van der Waals surface area contributed by atoms with E-state index in [1.54, 1.807) is 6.08 Å². The van der Waals surface area contributed by atoms with Gasteiger partial charge in [-0.2, -0.15) is 0 Å². The van der Waals surface area contributed by atoms with Crippen LogP contribution in [-0.4, -0.2) is 44.1 Å². The molecule has 1 heterocycles. The lowest BCUT2D eigenvalue weighted by Crippen LogP contribution is -2.59. The molecule has 21 heavy (non-hydrogen) atoms. The normalized spacial score (nSPS) is 36.3. The minimum Gasteiger partial charge on any atom is -0.415 e. The first kappa shape index (κ1) is 17.4. The monoisotopic (exact) mass is 334 g/mol. The number of fused-ring (bicyclic) bond motifs is 1. The van der Waals surface area contributed by atoms with Crippen LogP contribution in [0.15, 0.2) is 11.1 Å². The van der Waals surface area contributed by atoms with Crippen LogP contribution in [0, 0.1) is 0 Å². The molecule has 1 N–H and O–H groups in total. The van der Waals surface area contributed by atoms with Crippen LogP contribution in [0.1, 0.15) is 48.5 Å². The topological polar surface area (TPSA) is 47.9 Å². The van der Waals surface area contributed by atoms with Crippen molar-refractivity contribution in [2.75, 3.05) is 0 Å². The Hall–Kier alpha value is 0.0869. The van der Waals surface area contributed by atoms with E-state index < -0.39 is 39.0 Å². The summed E-state index contributed by atoms with van der Waals surface area (Å²) in [5.74, 6) is -0.755. The number of hydrogen-bond acceptors (Lipinski definition) is 4. The summed E-state index contributed by atoms with van der Waals surface area (Å²) < 4.78 is 17.9. The van der Waals surface area contributed by atoms with Gasteiger partial charge in [0.25, 0.3) is 0 Å². The van der Waals surface area contributed by atoms with Gasteiger partial charge in [-0.15, -0.1) is 0 Å². The maximum Gasteiger partial charge on any atom is 0.167 e. The average Bonchev–Trinajstić information content (AvgIpc) is 2.72. The lowest BCUT2D eigenvalue weighted by Gasteiger charge is -2.43. The smallest absolute Gasteiger partial charge is 0.167 e. The highest BCUT2D eigenvalue weighted by Gasteiger charge is 2.62. The predicted molar refractivity (Wildman–Crippen MR) is 86.1 cm³/mol. The summed E-state index contributed by atoms with van der Waals surface area (Å²) in [6.45, 7) is 13.9. The van der Waals surface area contributed by atoms with Gasteiger partial charge in [-0.25, -0.2) is 0 Å². The average molecular weight is 335 g/mol. The molecule has 0 saturated carbocycles. The van der Waals surface area contributed by atoms with Crippen molar-refractivity contribution >= 4 is 21.4 Å². The first-order valence-electron chi connectivity index (χ1n) is 7.38. The molecule has 0 aromatic heterocycles. The molecule has 0 bridgehead atoms. The van der Waals surface area contributed by atoms with E-state index in [9.17, 15) is 5.11 Å². The van der Waals surface area contributed by atoms with E-state index in [-0.39, 0.29) is 5.04 Å². The third-order valence-corrected chi connectivity index (χ3v) is 6.05. The molecule has 0 spiro atoms. The third-order valence-electron chi connectivity index (χ3n) is 3.99. The lowest BCUT2D eigenvalue weighted by molar-refractivity contribution is -0.192. The minimum atomic E-state index is -1.29. The van der Waals surface area contributed by atoms with Gasteiger partial charge in [0.15, 0.2) is 15.6 Å². The number of hydrogen-bond donors (Lipinski definition) is 1. The van der Waals surface area contributed by atoms with Crippen molar-refractivity contribution < 1.29 is 19.0 Å². The Labute approximate surface area is 134 Å². The van der Waals surface area contributed by atoms with Gasteiger partial charge in [-0.05, 0) is 38.8 Å². The molecule has 6 heteroatoms. The van der Waals surface area contributed by atoms with Gasteiger partial charge >= 0.3 is 0 Å². The van der Waals surface area contributed by atoms with Gasteiger partial charge in [0, 0.05) is 5.03 Å². The van der Waals surface area contributed by atoms with Crippen molar-refractivity contribution in [1.82, 2.24) is 0 Å². The zero-order valence-corrected chi connectivity index (χ0v) is 16.2. The molecule has 3 atom stereocenters. The van der Waals surface area contributed by atoms with Crippen LogP contribution in [0.25, 0.3) is 0 Å². The molecule has 3 unspecified atom stereocenters. The highest BCUT2D eigenvalue weighted by molar-refractivity contribution is 6.32. The van der Waals surface area contributed by atoms with E-state index in [0.717, 1.165) is 0 Å². The molecule has 122 valence electrons. The molecular weight excluding hydrogens is 308 g/mol. The highest BCUT2D eigenvalue weighted by atomic mass is 35.5. The second kappa shape index (κ2) is 5.04. The summed E-state index contributed by atoms with van der Waals surface area (Å²) in [4.78, 5) is 0. The fourth-order valence-electron chi connectivity index (χ4n) is 2.69. The van der Waals surface area contributed by atoms with Crippen molar-refractivity contribution in [3.63, 3.8) is 0 Å². The number of rotatable bonds is 3. The fourth-order valence-corrected chi connectivity index (χ4v) is 4.04. The van der Waals surface area contributed by atoms with Crippen LogP contribution in [0.5, 0.6) is 0 Å². The Morgan fingerprint density at radius 2 is 1.81 bits per heavy atom. The van der Waals surface area contributed by atoms with E-state index in [4.69, 9.17) is 25.5 Å². The van der Waals surface area contributed by atoms with E-state index in [1.807, 2.05) is 27.7 Å². The molecule has 2 rings (SSSR count). The SMILES string of the molecule is CC1(C)OC2C(Cl)=CC(O)(C(C)(C)O[SiH2]C(C)(C)C)C2O1. The van der Waals surface area contributed by atoms with Crippen LogP contribution >= 0.6 is 11.6 Å². The van der Waals surface area contributed by atoms with Crippen molar-refractivity contribution in [2.24, 2.45) is 0 Å². The van der Waals surface area contributed by atoms with Crippen LogP contribution in [0.2, 0.25) is 5.04 Å². The highest BCUT2D eigenvalue weighted by Crippen LogP contribution is 2.49. The predicted octanol–water partition coefficient (Wildman–Crippen LogP) is 2.47. The molecule has 4 nitrogen and oxygen atoms in total. The summed E-state index contributed by atoms with van der Waals surface area (Å²) in [5.41, 5.74) is -2.07. The first-order chi connectivity index (χ1) is 9.28. The molecule has 0 aromatic rings. The molecule has 1 fully saturated rings. The zero-order chi connectivity index (χ0) is 16.3. The van der Waals surface area contributed by atoms with Gasteiger partial charge in [0.2, 0.25) is 0 Å². The molecule has 1 aliphatic carbocycles. The Morgan fingerprint density at radius 1 is 1.24 bits per heavy atom. The Kier molecular flexibility index (Phi) is 4.19. The van der Waals surface area contributed by atoms with E-state index in [2.05, 4.69) is 20.8 Å². The quantitative estimate of drug-likeness (QED) is 0.805. The fraction of sp³-hybridized carbons (Fsp3) is 0.867. The van der Waals surface area contributed by atoms with Crippen LogP contribution in [-0.2, 0) is 13.9 Å². The Bertz CT molecular complexity index is 455. The zero-order valence-electron chi connectivity index (χ0n) is 14.0. The molecule has 0 aromatic carbocycles.